The van der Waals surface area contributed by atoms with Gasteiger partial charge in [-0.25, -0.2) is 0 Å². The Morgan fingerprint density at radius 3 is 2.69 bits per heavy atom. The van der Waals surface area contributed by atoms with Gasteiger partial charge in [-0.1, -0.05) is 25.5 Å². The second-order valence-corrected chi connectivity index (χ2v) is 9.34. The zero-order chi connectivity index (χ0) is 18.9. The molecule has 3 fully saturated rings. The van der Waals surface area contributed by atoms with E-state index in [9.17, 15) is 14.7 Å². The van der Waals surface area contributed by atoms with E-state index in [-0.39, 0.29) is 28.3 Å². The van der Waals surface area contributed by atoms with E-state index in [0.29, 0.717) is 18.3 Å². The van der Waals surface area contributed by atoms with Crippen molar-refractivity contribution in [3.05, 3.63) is 23.8 Å². The first-order chi connectivity index (χ1) is 12.2. The predicted octanol–water partition coefficient (Wildman–Crippen LogP) is 3.24. The first-order valence-electron chi connectivity index (χ1n) is 9.88. The Morgan fingerprint density at radius 2 is 2.04 bits per heavy atom. The van der Waals surface area contributed by atoms with Gasteiger partial charge in [0.15, 0.2) is 11.6 Å². The molecule has 0 aromatic rings. The van der Waals surface area contributed by atoms with Crippen molar-refractivity contribution in [3.8, 4) is 0 Å². The highest BCUT2D eigenvalue weighted by Crippen LogP contribution is 2.67. The van der Waals surface area contributed by atoms with Crippen LogP contribution < -0.4 is 0 Å². The molecule has 0 aromatic carbocycles. The molecule has 3 unspecified atom stereocenters. The van der Waals surface area contributed by atoms with Gasteiger partial charge in [-0.2, -0.15) is 0 Å². The fourth-order valence-corrected chi connectivity index (χ4v) is 7.37. The van der Waals surface area contributed by atoms with E-state index in [2.05, 4.69) is 13.8 Å². The molecule has 0 saturated heterocycles. The summed E-state index contributed by atoms with van der Waals surface area (Å²) in [6.45, 7) is 5.96. The summed E-state index contributed by atoms with van der Waals surface area (Å²) in [7, 11) is 1.64. The molecule has 4 nitrogen and oxygen atoms in total. The van der Waals surface area contributed by atoms with Gasteiger partial charge in [0.1, 0.15) is 5.60 Å². The highest BCUT2D eigenvalue weighted by atomic mass is 16.5. The molecule has 3 saturated carbocycles. The molecule has 0 amide bonds. The third-order valence-corrected chi connectivity index (χ3v) is 8.53. The van der Waals surface area contributed by atoms with Crippen molar-refractivity contribution in [1.82, 2.24) is 0 Å². The molecule has 0 aliphatic heterocycles. The normalized spacial score (nSPS) is 49.9. The van der Waals surface area contributed by atoms with Crippen LogP contribution in [0.2, 0.25) is 0 Å². The summed E-state index contributed by atoms with van der Waals surface area (Å²) in [4.78, 5) is 24.4. The highest BCUT2D eigenvalue weighted by molar-refractivity contribution is 6.01. The second-order valence-electron chi connectivity index (χ2n) is 9.34. The topological polar surface area (TPSA) is 63.6 Å². The summed E-state index contributed by atoms with van der Waals surface area (Å²) in [6, 6.07) is 0. The maximum Gasteiger partial charge on any atom is 0.178 e. The Morgan fingerprint density at radius 1 is 1.31 bits per heavy atom. The van der Waals surface area contributed by atoms with E-state index in [0.717, 1.165) is 31.3 Å². The van der Waals surface area contributed by atoms with E-state index in [1.807, 2.05) is 6.08 Å². The van der Waals surface area contributed by atoms with Crippen LogP contribution >= 0.6 is 0 Å². The van der Waals surface area contributed by atoms with Gasteiger partial charge >= 0.3 is 0 Å². The van der Waals surface area contributed by atoms with Gasteiger partial charge in [-0.3, -0.25) is 9.59 Å². The molecule has 0 aromatic heterocycles. The summed E-state index contributed by atoms with van der Waals surface area (Å²) in [5.41, 5.74) is -0.207. The Hall–Kier alpha value is -1.26. The van der Waals surface area contributed by atoms with Crippen LogP contribution in [0.5, 0.6) is 0 Å². The van der Waals surface area contributed by atoms with Crippen molar-refractivity contribution in [1.29, 1.82) is 0 Å². The van der Waals surface area contributed by atoms with Gasteiger partial charge in [0.2, 0.25) is 0 Å². The lowest BCUT2D eigenvalue weighted by molar-refractivity contribution is -0.182. The summed E-state index contributed by atoms with van der Waals surface area (Å²) in [5, 5.41) is 11.3. The Bertz CT molecular complexity index is 722. The lowest BCUT2D eigenvalue weighted by atomic mass is 9.46. The quantitative estimate of drug-likeness (QED) is 0.823. The van der Waals surface area contributed by atoms with E-state index in [4.69, 9.17) is 4.74 Å². The fourth-order valence-electron chi connectivity index (χ4n) is 7.37. The van der Waals surface area contributed by atoms with E-state index < -0.39 is 11.7 Å². The smallest absolute Gasteiger partial charge is 0.178 e. The number of ether oxygens (including phenoxy) is 1. The van der Waals surface area contributed by atoms with Gasteiger partial charge in [-0.05, 0) is 63.0 Å². The second kappa shape index (κ2) is 5.62. The lowest BCUT2D eigenvalue weighted by Gasteiger charge is -2.60. The minimum absolute atomic E-state index is 0.0573. The average Bonchev–Trinajstić information content (AvgIpc) is 2.88. The van der Waals surface area contributed by atoms with Crippen molar-refractivity contribution in [3.63, 3.8) is 0 Å². The van der Waals surface area contributed by atoms with Crippen LogP contribution in [0.15, 0.2) is 23.8 Å². The number of hydrogen-bond donors (Lipinski definition) is 1. The minimum atomic E-state index is -0.779. The standard InChI is InChI=1S/C22H30O4/c1-13(23)22(26-4)10-8-17-16-6-5-14-11-15(24)7-9-20(14,2)19(16)18(25)12-21(17,22)3/h7,9,11,16-19,25H,5-6,8,10,12H2,1-4H3/t16?,17?,18-,19?,20-,21-,22-/m0/s1. The molecule has 0 heterocycles. The molecular formula is C22H30O4. The number of methoxy groups -OCH3 is 1. The van der Waals surface area contributed by atoms with Crippen LogP contribution in [-0.2, 0) is 14.3 Å². The summed E-state index contributed by atoms with van der Waals surface area (Å²) in [5.74, 6) is 0.956. The number of aliphatic hydroxyl groups excluding tert-OH is 1. The number of carbonyl (C=O) groups is 2. The maximum absolute atomic E-state index is 12.6. The van der Waals surface area contributed by atoms with Crippen molar-refractivity contribution in [2.24, 2.45) is 28.6 Å². The summed E-state index contributed by atoms with van der Waals surface area (Å²) < 4.78 is 5.88. The highest BCUT2D eigenvalue weighted by Gasteiger charge is 2.68. The number of Topliss-reactive ketones (excluding diaryl/α,β-unsaturated/α-hetero) is 1. The molecule has 7 atom stereocenters. The van der Waals surface area contributed by atoms with Crippen LogP contribution in [0, 0.1) is 28.6 Å². The minimum Gasteiger partial charge on any atom is -0.393 e. The van der Waals surface area contributed by atoms with Gasteiger partial charge in [0.05, 0.1) is 6.10 Å². The van der Waals surface area contributed by atoms with E-state index in [1.54, 1.807) is 26.2 Å². The Kier molecular flexibility index (Phi) is 3.92. The molecule has 0 radical (unpaired) electrons. The molecule has 0 bridgehead atoms. The fraction of sp³-hybridized carbons (Fsp3) is 0.727. The van der Waals surface area contributed by atoms with Crippen LogP contribution in [0.1, 0.15) is 52.9 Å². The van der Waals surface area contributed by atoms with Gasteiger partial charge in [0, 0.05) is 23.9 Å². The zero-order valence-corrected chi connectivity index (χ0v) is 16.2. The number of ketones is 2. The van der Waals surface area contributed by atoms with Gasteiger partial charge in [0.25, 0.3) is 0 Å². The number of hydrogen-bond acceptors (Lipinski definition) is 4. The molecule has 4 aliphatic carbocycles. The number of carbonyl (C=O) groups excluding carboxylic acids is 2. The van der Waals surface area contributed by atoms with E-state index in [1.165, 1.54) is 0 Å². The Balaban J connectivity index is 1.77. The number of fused-ring (bicyclic) bond motifs is 5. The van der Waals surface area contributed by atoms with Crippen molar-refractivity contribution >= 4 is 11.6 Å². The molecule has 4 aliphatic rings. The zero-order valence-electron chi connectivity index (χ0n) is 16.2. The molecule has 0 spiro atoms. The molecule has 1 N–H and O–H groups in total. The van der Waals surface area contributed by atoms with Crippen LogP contribution in [0.25, 0.3) is 0 Å². The average molecular weight is 358 g/mol. The van der Waals surface area contributed by atoms with Crippen molar-refractivity contribution in [2.45, 2.75) is 64.6 Å². The first kappa shape index (κ1) is 18.1. The largest absolute Gasteiger partial charge is 0.393 e. The SMILES string of the molecule is CO[C@]1(C(C)=O)CCC2C3CCC4=CC(=O)C=C[C@]4(C)C3[C@@H](O)C[C@@]21C. The number of rotatable bonds is 2. The summed E-state index contributed by atoms with van der Waals surface area (Å²) in [6.07, 6.45) is 9.12. The van der Waals surface area contributed by atoms with Gasteiger partial charge in [-0.15, -0.1) is 0 Å². The van der Waals surface area contributed by atoms with E-state index >= 15 is 0 Å². The predicted molar refractivity (Wildman–Crippen MR) is 98.4 cm³/mol. The number of aliphatic hydroxyl groups is 1. The van der Waals surface area contributed by atoms with Crippen LogP contribution in [0.3, 0.4) is 0 Å². The molecular weight excluding hydrogens is 328 g/mol. The van der Waals surface area contributed by atoms with Crippen molar-refractivity contribution < 1.29 is 19.4 Å². The molecule has 142 valence electrons. The molecule has 4 rings (SSSR count). The van der Waals surface area contributed by atoms with Crippen molar-refractivity contribution in [2.75, 3.05) is 7.11 Å². The molecule has 26 heavy (non-hydrogen) atoms. The van der Waals surface area contributed by atoms with Gasteiger partial charge < -0.3 is 9.84 Å². The number of allylic oxidation sites excluding steroid dienone is 4. The maximum atomic E-state index is 12.6. The third-order valence-electron chi connectivity index (χ3n) is 8.53. The van der Waals surface area contributed by atoms with Crippen LogP contribution in [0.4, 0.5) is 0 Å². The monoisotopic (exact) mass is 358 g/mol. The third kappa shape index (κ3) is 2.03. The molecule has 4 heteroatoms. The Labute approximate surface area is 155 Å². The van der Waals surface area contributed by atoms with Crippen LogP contribution in [-0.4, -0.2) is 35.5 Å². The lowest BCUT2D eigenvalue weighted by Crippen LogP contribution is -2.61. The summed E-state index contributed by atoms with van der Waals surface area (Å²) >= 11 is 0. The first-order valence-corrected chi connectivity index (χ1v) is 9.88.